The summed E-state index contributed by atoms with van der Waals surface area (Å²) in [5.74, 6) is -0.121. The molecule has 1 amide bonds. The molecule has 5 nitrogen and oxygen atoms in total. The van der Waals surface area contributed by atoms with Gasteiger partial charge in [-0.2, -0.15) is 0 Å². The molecule has 0 spiro atoms. The molecule has 0 fully saturated rings. The zero-order chi connectivity index (χ0) is 16.4. The van der Waals surface area contributed by atoms with E-state index in [0.29, 0.717) is 5.56 Å². The fourth-order valence-electron chi connectivity index (χ4n) is 2.49. The summed E-state index contributed by atoms with van der Waals surface area (Å²) in [5.41, 5.74) is 5.39. The van der Waals surface area contributed by atoms with Crippen LogP contribution in [0.25, 0.3) is 5.69 Å². The smallest absolute Gasteiger partial charge is 0.255 e. The fourth-order valence-corrected chi connectivity index (χ4v) is 2.49. The number of nitrogens with one attached hydrogen (secondary N) is 1. The van der Waals surface area contributed by atoms with Crippen LogP contribution in [-0.4, -0.2) is 20.9 Å². The lowest BCUT2D eigenvalue weighted by atomic mass is 10.1. The zero-order valence-electron chi connectivity index (χ0n) is 13.4. The number of rotatable bonds is 3. The highest BCUT2D eigenvalue weighted by Crippen LogP contribution is 2.20. The number of hydrogen-bond donors (Lipinski definition) is 1. The predicted octanol–water partition coefficient (Wildman–Crippen LogP) is 3.44. The molecular weight excluding hydrogens is 288 g/mol. The topological polar surface area (TPSA) is 59.8 Å². The molecule has 5 heteroatoms. The van der Waals surface area contributed by atoms with Crippen molar-refractivity contribution < 1.29 is 4.79 Å². The van der Waals surface area contributed by atoms with E-state index in [-0.39, 0.29) is 5.91 Å². The van der Waals surface area contributed by atoms with Crippen molar-refractivity contribution in [2.24, 2.45) is 0 Å². The Labute approximate surface area is 135 Å². The van der Waals surface area contributed by atoms with Gasteiger partial charge in [-0.1, -0.05) is 23.4 Å². The van der Waals surface area contributed by atoms with E-state index in [1.165, 1.54) is 0 Å². The third-order valence-electron chi connectivity index (χ3n) is 3.81. The lowest BCUT2D eigenvalue weighted by molar-refractivity contribution is 0.102. The van der Waals surface area contributed by atoms with Gasteiger partial charge in [-0.3, -0.25) is 4.79 Å². The molecule has 0 bridgehead atoms. The minimum atomic E-state index is -0.121. The molecule has 0 atom stereocenters. The van der Waals surface area contributed by atoms with Gasteiger partial charge in [0.1, 0.15) is 0 Å². The molecule has 1 N–H and O–H groups in total. The standard InChI is InChI=1S/C18H18N4O/c1-12-5-4-6-13(2)17(12)20-18(23)15-7-9-16(10-8-15)22-14(3)11-19-21-22/h4-11H,1-3H3,(H,20,23). The first-order chi connectivity index (χ1) is 11.1. The summed E-state index contributed by atoms with van der Waals surface area (Å²) in [6.07, 6.45) is 1.70. The van der Waals surface area contributed by atoms with E-state index in [2.05, 4.69) is 15.6 Å². The van der Waals surface area contributed by atoms with E-state index in [1.807, 2.05) is 51.1 Å². The third kappa shape index (κ3) is 2.99. The van der Waals surface area contributed by atoms with E-state index in [0.717, 1.165) is 28.2 Å². The molecule has 0 radical (unpaired) electrons. The largest absolute Gasteiger partial charge is 0.322 e. The normalized spacial score (nSPS) is 10.6. The monoisotopic (exact) mass is 306 g/mol. The van der Waals surface area contributed by atoms with Crippen molar-refractivity contribution in [2.75, 3.05) is 5.32 Å². The number of para-hydroxylation sites is 1. The van der Waals surface area contributed by atoms with E-state index >= 15 is 0 Å². The van der Waals surface area contributed by atoms with Gasteiger partial charge in [0.25, 0.3) is 5.91 Å². The fraction of sp³-hybridized carbons (Fsp3) is 0.167. The number of aromatic nitrogens is 3. The van der Waals surface area contributed by atoms with Crippen LogP contribution in [0, 0.1) is 20.8 Å². The maximum absolute atomic E-state index is 12.4. The molecule has 0 saturated heterocycles. The molecule has 1 heterocycles. The SMILES string of the molecule is Cc1cccc(C)c1NC(=O)c1ccc(-n2nncc2C)cc1. The maximum atomic E-state index is 12.4. The van der Waals surface area contributed by atoms with Crippen LogP contribution in [0.1, 0.15) is 27.2 Å². The van der Waals surface area contributed by atoms with Crippen molar-refractivity contribution in [2.45, 2.75) is 20.8 Å². The number of carbonyl (C=O) groups is 1. The van der Waals surface area contributed by atoms with E-state index in [1.54, 1.807) is 23.0 Å². The summed E-state index contributed by atoms with van der Waals surface area (Å²) in [6.45, 7) is 5.90. The van der Waals surface area contributed by atoms with Crippen LogP contribution in [0.4, 0.5) is 5.69 Å². The number of aryl methyl sites for hydroxylation is 3. The Morgan fingerprint density at radius 3 is 2.22 bits per heavy atom. The summed E-state index contributed by atoms with van der Waals surface area (Å²) in [6, 6.07) is 13.3. The van der Waals surface area contributed by atoms with Crippen LogP contribution in [0.3, 0.4) is 0 Å². The molecule has 1 aromatic heterocycles. The molecule has 0 unspecified atom stereocenters. The summed E-state index contributed by atoms with van der Waals surface area (Å²) in [7, 11) is 0. The average Bonchev–Trinajstić information content (AvgIpc) is 2.97. The number of amides is 1. The van der Waals surface area contributed by atoms with Gasteiger partial charge in [-0.05, 0) is 56.2 Å². The summed E-state index contributed by atoms with van der Waals surface area (Å²) >= 11 is 0. The van der Waals surface area contributed by atoms with Crippen LogP contribution in [0.2, 0.25) is 0 Å². The van der Waals surface area contributed by atoms with Crippen LogP contribution in [0.5, 0.6) is 0 Å². The van der Waals surface area contributed by atoms with Gasteiger partial charge in [0.05, 0.1) is 17.6 Å². The molecular formula is C18H18N4O. The molecule has 2 aromatic carbocycles. The third-order valence-corrected chi connectivity index (χ3v) is 3.81. The van der Waals surface area contributed by atoms with Gasteiger partial charge >= 0.3 is 0 Å². The van der Waals surface area contributed by atoms with Crippen LogP contribution in [0.15, 0.2) is 48.7 Å². The lowest BCUT2D eigenvalue weighted by Gasteiger charge is -2.11. The van der Waals surface area contributed by atoms with E-state index in [4.69, 9.17) is 0 Å². The molecule has 23 heavy (non-hydrogen) atoms. The minimum absolute atomic E-state index is 0.121. The molecule has 3 aromatic rings. The number of carbonyl (C=O) groups excluding carboxylic acids is 1. The Bertz CT molecular complexity index is 829. The number of nitrogens with zero attached hydrogens (tertiary/aromatic N) is 3. The first kappa shape index (κ1) is 15.0. The summed E-state index contributed by atoms with van der Waals surface area (Å²) in [4.78, 5) is 12.4. The highest BCUT2D eigenvalue weighted by atomic mass is 16.1. The van der Waals surface area contributed by atoms with Crippen molar-refractivity contribution in [3.63, 3.8) is 0 Å². The van der Waals surface area contributed by atoms with E-state index < -0.39 is 0 Å². The second-order valence-electron chi connectivity index (χ2n) is 5.56. The Balaban J connectivity index is 1.82. The quantitative estimate of drug-likeness (QED) is 0.806. The predicted molar refractivity (Wildman–Crippen MR) is 90.0 cm³/mol. The second-order valence-corrected chi connectivity index (χ2v) is 5.56. The second kappa shape index (κ2) is 6.04. The van der Waals surface area contributed by atoms with Crippen molar-refractivity contribution in [1.29, 1.82) is 0 Å². The molecule has 0 aliphatic carbocycles. The molecule has 0 aliphatic rings. The molecule has 116 valence electrons. The van der Waals surface area contributed by atoms with Crippen LogP contribution >= 0.6 is 0 Å². The van der Waals surface area contributed by atoms with Gasteiger partial charge in [0.2, 0.25) is 0 Å². The van der Waals surface area contributed by atoms with Gasteiger partial charge in [-0.25, -0.2) is 4.68 Å². The van der Waals surface area contributed by atoms with Crippen LogP contribution in [-0.2, 0) is 0 Å². The van der Waals surface area contributed by atoms with Crippen molar-refractivity contribution in [3.8, 4) is 5.69 Å². The number of hydrogen-bond acceptors (Lipinski definition) is 3. The Kier molecular flexibility index (Phi) is 3.93. The Hall–Kier alpha value is -2.95. The first-order valence-corrected chi connectivity index (χ1v) is 7.41. The maximum Gasteiger partial charge on any atom is 0.255 e. The average molecular weight is 306 g/mol. The molecule has 3 rings (SSSR count). The van der Waals surface area contributed by atoms with E-state index in [9.17, 15) is 4.79 Å². The number of benzene rings is 2. The van der Waals surface area contributed by atoms with Gasteiger partial charge in [-0.15, -0.1) is 5.10 Å². The molecule has 0 saturated carbocycles. The highest BCUT2D eigenvalue weighted by molar-refractivity contribution is 6.05. The van der Waals surface area contributed by atoms with Crippen LogP contribution < -0.4 is 5.32 Å². The highest BCUT2D eigenvalue weighted by Gasteiger charge is 2.10. The molecule has 0 aliphatic heterocycles. The van der Waals surface area contributed by atoms with Crippen molar-refractivity contribution in [1.82, 2.24) is 15.0 Å². The van der Waals surface area contributed by atoms with Crippen molar-refractivity contribution in [3.05, 3.63) is 71.0 Å². The van der Waals surface area contributed by atoms with Gasteiger partial charge in [0.15, 0.2) is 0 Å². The van der Waals surface area contributed by atoms with Gasteiger partial charge in [0, 0.05) is 11.3 Å². The zero-order valence-corrected chi connectivity index (χ0v) is 13.4. The lowest BCUT2D eigenvalue weighted by Crippen LogP contribution is -2.14. The minimum Gasteiger partial charge on any atom is -0.322 e. The summed E-state index contributed by atoms with van der Waals surface area (Å²) < 4.78 is 1.73. The number of anilines is 1. The van der Waals surface area contributed by atoms with Crippen molar-refractivity contribution >= 4 is 11.6 Å². The Morgan fingerprint density at radius 2 is 1.65 bits per heavy atom. The first-order valence-electron chi connectivity index (χ1n) is 7.41. The summed E-state index contributed by atoms with van der Waals surface area (Å²) in [5, 5.41) is 10.9. The van der Waals surface area contributed by atoms with Gasteiger partial charge < -0.3 is 5.32 Å². The Morgan fingerprint density at radius 1 is 1.00 bits per heavy atom.